The molecule has 0 amide bonds. The average Bonchev–Trinajstić information content (AvgIpc) is 2.82. The van der Waals surface area contributed by atoms with Crippen molar-refractivity contribution in [3.05, 3.63) is 54.2 Å². The third-order valence-electron chi connectivity index (χ3n) is 5.88. The van der Waals surface area contributed by atoms with Crippen molar-refractivity contribution in [1.29, 1.82) is 0 Å². The predicted octanol–water partition coefficient (Wildman–Crippen LogP) is 6.37. The highest BCUT2D eigenvalue weighted by Crippen LogP contribution is 2.18. The molecule has 0 bridgehead atoms. The maximum atomic E-state index is 11.2. The Morgan fingerprint density at radius 1 is 0.969 bits per heavy atom. The van der Waals surface area contributed by atoms with E-state index in [4.69, 9.17) is 4.74 Å². The van der Waals surface area contributed by atoms with Gasteiger partial charge in [0.2, 0.25) is 0 Å². The van der Waals surface area contributed by atoms with Gasteiger partial charge in [0.05, 0.1) is 12.5 Å². The predicted molar refractivity (Wildman–Crippen MR) is 132 cm³/mol. The number of aromatic nitrogens is 1. The zero-order chi connectivity index (χ0) is 23.0. The van der Waals surface area contributed by atoms with Crippen molar-refractivity contribution in [3.63, 3.8) is 0 Å². The number of carboxylic acids is 1. The van der Waals surface area contributed by atoms with Gasteiger partial charge in [-0.2, -0.15) is 0 Å². The first kappa shape index (κ1) is 25.7. The lowest BCUT2D eigenvalue weighted by atomic mass is 9.97. The van der Waals surface area contributed by atoms with Crippen LogP contribution in [0.2, 0.25) is 0 Å². The van der Waals surface area contributed by atoms with E-state index < -0.39 is 5.97 Å². The number of nitrogens with zero attached hydrogens (tertiary/aromatic N) is 2. The Bertz CT molecular complexity index is 749. The van der Waals surface area contributed by atoms with E-state index in [2.05, 4.69) is 22.9 Å². The third-order valence-corrected chi connectivity index (χ3v) is 5.88. The standard InChI is InChI=1S/C27H40N2O3/c1-3-5-6-7-8-9-12-19-29(26-13-10-11-18-28-26)20-21-32-25-16-14-23(15-17-25)22-24(4-2)27(30)31/h10-11,13-18,24H,3-9,12,19-22H2,1-2H3,(H,30,31). The van der Waals surface area contributed by atoms with Crippen LogP contribution in [-0.2, 0) is 11.2 Å². The molecule has 32 heavy (non-hydrogen) atoms. The molecule has 0 saturated carbocycles. The van der Waals surface area contributed by atoms with Crippen LogP contribution in [0.25, 0.3) is 0 Å². The molecule has 0 spiro atoms. The summed E-state index contributed by atoms with van der Waals surface area (Å²) in [5.41, 5.74) is 1.03. The number of carbonyl (C=O) groups is 1. The van der Waals surface area contributed by atoms with Gasteiger partial charge in [0.15, 0.2) is 0 Å². The number of carboxylic acid groups (broad SMARTS) is 1. The summed E-state index contributed by atoms with van der Waals surface area (Å²) in [6.07, 6.45) is 12.1. The average molecular weight is 441 g/mol. The highest BCUT2D eigenvalue weighted by molar-refractivity contribution is 5.70. The molecule has 5 nitrogen and oxygen atoms in total. The fraction of sp³-hybridized carbons (Fsp3) is 0.556. The van der Waals surface area contributed by atoms with Crippen molar-refractivity contribution >= 4 is 11.8 Å². The van der Waals surface area contributed by atoms with Crippen LogP contribution in [0.4, 0.5) is 5.82 Å². The van der Waals surface area contributed by atoms with E-state index in [-0.39, 0.29) is 5.92 Å². The van der Waals surface area contributed by atoms with Gasteiger partial charge in [-0.25, -0.2) is 4.98 Å². The minimum absolute atomic E-state index is 0.333. The van der Waals surface area contributed by atoms with Gasteiger partial charge in [-0.05, 0) is 49.1 Å². The molecule has 1 aromatic heterocycles. The van der Waals surface area contributed by atoms with E-state index in [0.717, 1.165) is 30.2 Å². The lowest BCUT2D eigenvalue weighted by Crippen LogP contribution is -2.30. The fourth-order valence-electron chi connectivity index (χ4n) is 3.83. The van der Waals surface area contributed by atoms with Gasteiger partial charge >= 0.3 is 5.97 Å². The Balaban J connectivity index is 1.79. The van der Waals surface area contributed by atoms with E-state index in [1.165, 1.54) is 44.9 Å². The van der Waals surface area contributed by atoms with Crippen molar-refractivity contribution in [2.75, 3.05) is 24.6 Å². The van der Waals surface area contributed by atoms with E-state index in [1.54, 1.807) is 0 Å². The molecule has 0 aliphatic heterocycles. The van der Waals surface area contributed by atoms with Crippen LogP contribution in [0.15, 0.2) is 48.7 Å². The summed E-state index contributed by atoms with van der Waals surface area (Å²) in [6.45, 7) is 6.52. The second-order valence-electron chi connectivity index (χ2n) is 8.44. The lowest BCUT2D eigenvalue weighted by Gasteiger charge is -2.24. The van der Waals surface area contributed by atoms with Crippen LogP contribution >= 0.6 is 0 Å². The summed E-state index contributed by atoms with van der Waals surface area (Å²) >= 11 is 0. The Morgan fingerprint density at radius 2 is 1.69 bits per heavy atom. The number of rotatable bonds is 17. The highest BCUT2D eigenvalue weighted by atomic mass is 16.5. The minimum atomic E-state index is -0.733. The zero-order valence-corrected chi connectivity index (χ0v) is 19.8. The molecule has 2 aromatic rings. The maximum Gasteiger partial charge on any atom is 0.306 e. The Morgan fingerprint density at radius 3 is 2.31 bits per heavy atom. The smallest absolute Gasteiger partial charge is 0.306 e. The van der Waals surface area contributed by atoms with Gasteiger partial charge in [0, 0.05) is 12.7 Å². The number of benzene rings is 1. The van der Waals surface area contributed by atoms with E-state index in [1.807, 2.05) is 49.5 Å². The van der Waals surface area contributed by atoms with Gasteiger partial charge in [-0.3, -0.25) is 4.79 Å². The molecule has 0 aliphatic carbocycles. The third kappa shape index (κ3) is 9.71. The lowest BCUT2D eigenvalue weighted by molar-refractivity contribution is -0.141. The Kier molecular flexibility index (Phi) is 12.3. The van der Waals surface area contributed by atoms with Gasteiger partial charge in [-0.1, -0.05) is 70.6 Å². The van der Waals surface area contributed by atoms with Crippen molar-refractivity contribution in [2.45, 2.75) is 71.6 Å². The molecule has 1 unspecified atom stereocenters. The number of hydrogen-bond acceptors (Lipinski definition) is 4. The molecule has 0 radical (unpaired) electrons. The molecule has 1 heterocycles. The number of ether oxygens (including phenoxy) is 1. The van der Waals surface area contributed by atoms with Gasteiger partial charge in [-0.15, -0.1) is 0 Å². The highest BCUT2D eigenvalue weighted by Gasteiger charge is 2.15. The number of unbranched alkanes of at least 4 members (excludes halogenated alkanes) is 6. The quantitative estimate of drug-likeness (QED) is 0.290. The van der Waals surface area contributed by atoms with E-state index >= 15 is 0 Å². The van der Waals surface area contributed by atoms with E-state index in [0.29, 0.717) is 19.4 Å². The summed E-state index contributed by atoms with van der Waals surface area (Å²) in [5.74, 6) is 0.745. The molecule has 1 atom stereocenters. The zero-order valence-electron chi connectivity index (χ0n) is 19.8. The SMILES string of the molecule is CCCCCCCCCN(CCOc1ccc(CC(CC)C(=O)O)cc1)c1ccccn1. The van der Waals surface area contributed by atoms with Crippen LogP contribution in [0.5, 0.6) is 5.75 Å². The summed E-state index contributed by atoms with van der Waals surface area (Å²) < 4.78 is 5.98. The Labute approximate surface area is 193 Å². The molecular formula is C27H40N2O3. The van der Waals surface area contributed by atoms with Crippen LogP contribution in [0, 0.1) is 5.92 Å². The van der Waals surface area contributed by atoms with Gasteiger partial charge < -0.3 is 14.7 Å². The fourth-order valence-corrected chi connectivity index (χ4v) is 3.83. The molecule has 176 valence electrons. The molecule has 1 aromatic carbocycles. The van der Waals surface area contributed by atoms with Crippen molar-refractivity contribution < 1.29 is 14.6 Å². The number of pyridine rings is 1. The summed E-state index contributed by atoms with van der Waals surface area (Å²) in [7, 11) is 0. The topological polar surface area (TPSA) is 62.7 Å². The second-order valence-corrected chi connectivity index (χ2v) is 8.44. The van der Waals surface area contributed by atoms with Crippen LogP contribution in [0.1, 0.15) is 70.8 Å². The summed E-state index contributed by atoms with van der Waals surface area (Å²) in [5, 5.41) is 9.24. The molecule has 5 heteroatoms. The Hall–Kier alpha value is -2.56. The molecule has 1 N–H and O–H groups in total. The summed E-state index contributed by atoms with van der Waals surface area (Å²) in [4.78, 5) is 18.1. The minimum Gasteiger partial charge on any atom is -0.492 e. The molecular weight excluding hydrogens is 400 g/mol. The number of aliphatic carboxylic acids is 1. The number of anilines is 1. The van der Waals surface area contributed by atoms with Gasteiger partial charge in [0.1, 0.15) is 18.2 Å². The molecule has 0 aliphatic rings. The van der Waals surface area contributed by atoms with Crippen LogP contribution in [0.3, 0.4) is 0 Å². The van der Waals surface area contributed by atoms with Crippen molar-refractivity contribution in [2.24, 2.45) is 5.92 Å². The first-order valence-electron chi connectivity index (χ1n) is 12.2. The maximum absolute atomic E-state index is 11.2. The molecule has 2 rings (SSSR count). The largest absolute Gasteiger partial charge is 0.492 e. The first-order chi connectivity index (χ1) is 15.6. The second kappa shape index (κ2) is 15.3. The summed E-state index contributed by atoms with van der Waals surface area (Å²) in [6, 6.07) is 13.8. The number of hydrogen-bond donors (Lipinski definition) is 1. The van der Waals surface area contributed by atoms with Crippen molar-refractivity contribution in [3.8, 4) is 5.75 Å². The van der Waals surface area contributed by atoms with Crippen LogP contribution in [-0.4, -0.2) is 35.8 Å². The van der Waals surface area contributed by atoms with Crippen LogP contribution < -0.4 is 9.64 Å². The van der Waals surface area contributed by atoms with E-state index in [9.17, 15) is 9.90 Å². The monoisotopic (exact) mass is 440 g/mol. The van der Waals surface area contributed by atoms with Crippen molar-refractivity contribution in [1.82, 2.24) is 4.98 Å². The molecule has 0 fully saturated rings. The first-order valence-corrected chi connectivity index (χ1v) is 12.2. The molecule has 0 saturated heterocycles. The van der Waals surface area contributed by atoms with Gasteiger partial charge in [0.25, 0.3) is 0 Å². The normalized spacial score (nSPS) is 11.8.